The van der Waals surface area contributed by atoms with Gasteiger partial charge in [-0.25, -0.2) is 15.0 Å². The van der Waals surface area contributed by atoms with Crippen LogP contribution in [0.1, 0.15) is 0 Å². The highest BCUT2D eigenvalue weighted by Gasteiger charge is 2.05. The number of aromatic nitrogens is 5. The minimum Gasteiger partial charge on any atom is -0.331 e. The minimum atomic E-state index is 0.652. The predicted octanol–water partition coefficient (Wildman–Crippen LogP) is 1.43. The van der Waals surface area contributed by atoms with Crippen molar-refractivity contribution in [2.45, 2.75) is 0 Å². The molecule has 3 rings (SSSR count). The molecule has 0 N–H and O–H groups in total. The molecule has 0 aliphatic heterocycles. The number of rotatable bonds is 1. The molecule has 0 radical (unpaired) electrons. The number of imidazole rings is 1. The number of nitrogens with zero attached hydrogens (tertiary/aromatic N) is 5. The number of hydrogen-bond acceptors (Lipinski definition) is 4. The standard InChI is InChI=1S/C11H9N5/c1-16-7-14-11-9(16)6-13-10(15-11)8-3-2-4-12-5-8/h2-7H,1H3. The molecular formula is C11H9N5. The van der Waals surface area contributed by atoms with Gasteiger partial charge in [0.1, 0.15) is 5.52 Å². The van der Waals surface area contributed by atoms with E-state index in [2.05, 4.69) is 19.9 Å². The van der Waals surface area contributed by atoms with Gasteiger partial charge in [0, 0.05) is 25.0 Å². The molecule has 0 aliphatic rings. The molecule has 0 aliphatic carbocycles. The van der Waals surface area contributed by atoms with Gasteiger partial charge in [-0.3, -0.25) is 4.98 Å². The molecule has 0 spiro atoms. The van der Waals surface area contributed by atoms with E-state index < -0.39 is 0 Å². The Hall–Kier alpha value is -2.30. The fraction of sp³-hybridized carbons (Fsp3) is 0.0909. The highest BCUT2D eigenvalue weighted by molar-refractivity contribution is 5.72. The number of fused-ring (bicyclic) bond motifs is 1. The van der Waals surface area contributed by atoms with Gasteiger partial charge < -0.3 is 4.57 Å². The quantitative estimate of drug-likeness (QED) is 0.611. The van der Waals surface area contributed by atoms with Crippen LogP contribution in [-0.2, 0) is 7.05 Å². The lowest BCUT2D eigenvalue weighted by Gasteiger charge is -1.98. The van der Waals surface area contributed by atoms with Gasteiger partial charge >= 0.3 is 0 Å². The molecule has 5 heteroatoms. The van der Waals surface area contributed by atoms with Gasteiger partial charge in [-0.2, -0.15) is 0 Å². The second kappa shape index (κ2) is 3.37. The van der Waals surface area contributed by atoms with Crippen molar-refractivity contribution in [1.29, 1.82) is 0 Å². The lowest BCUT2D eigenvalue weighted by molar-refractivity contribution is 0.944. The predicted molar refractivity (Wildman–Crippen MR) is 59.5 cm³/mol. The number of hydrogen-bond donors (Lipinski definition) is 0. The van der Waals surface area contributed by atoms with Crippen LogP contribution in [0.3, 0.4) is 0 Å². The number of pyridine rings is 1. The largest absolute Gasteiger partial charge is 0.331 e. The van der Waals surface area contributed by atoms with Gasteiger partial charge in [0.25, 0.3) is 0 Å². The number of aryl methyl sites for hydroxylation is 1. The molecule has 0 saturated carbocycles. The summed E-state index contributed by atoms with van der Waals surface area (Å²) in [5, 5.41) is 0. The molecule has 0 aromatic carbocycles. The van der Waals surface area contributed by atoms with Crippen molar-refractivity contribution >= 4 is 11.2 Å². The van der Waals surface area contributed by atoms with Crippen LogP contribution in [0.4, 0.5) is 0 Å². The van der Waals surface area contributed by atoms with Crippen LogP contribution in [0.25, 0.3) is 22.6 Å². The molecule has 3 aromatic rings. The molecule has 3 aromatic heterocycles. The molecular weight excluding hydrogens is 202 g/mol. The summed E-state index contributed by atoms with van der Waals surface area (Å²) >= 11 is 0. The minimum absolute atomic E-state index is 0.652. The molecule has 0 atom stereocenters. The van der Waals surface area contributed by atoms with Crippen molar-refractivity contribution in [2.75, 3.05) is 0 Å². The van der Waals surface area contributed by atoms with Gasteiger partial charge in [0.05, 0.1) is 12.5 Å². The van der Waals surface area contributed by atoms with E-state index in [1.165, 1.54) is 0 Å². The Kier molecular flexibility index (Phi) is 1.89. The monoisotopic (exact) mass is 211 g/mol. The van der Waals surface area contributed by atoms with Crippen LogP contribution in [0.2, 0.25) is 0 Å². The first kappa shape index (κ1) is 8.96. The van der Waals surface area contributed by atoms with E-state index in [9.17, 15) is 0 Å². The normalized spacial score (nSPS) is 10.8. The zero-order chi connectivity index (χ0) is 11.0. The Morgan fingerprint density at radius 3 is 2.94 bits per heavy atom. The SMILES string of the molecule is Cn1cnc2nc(-c3cccnc3)ncc21. The Morgan fingerprint density at radius 1 is 1.19 bits per heavy atom. The zero-order valence-corrected chi connectivity index (χ0v) is 8.70. The molecule has 5 nitrogen and oxygen atoms in total. The molecule has 16 heavy (non-hydrogen) atoms. The van der Waals surface area contributed by atoms with Crippen LogP contribution >= 0.6 is 0 Å². The summed E-state index contributed by atoms with van der Waals surface area (Å²) in [5.41, 5.74) is 2.53. The topological polar surface area (TPSA) is 56.5 Å². The molecule has 0 saturated heterocycles. The first-order valence-electron chi connectivity index (χ1n) is 4.89. The van der Waals surface area contributed by atoms with Crippen molar-refractivity contribution in [2.24, 2.45) is 7.05 Å². The molecule has 78 valence electrons. The maximum absolute atomic E-state index is 4.38. The summed E-state index contributed by atoms with van der Waals surface area (Å²) in [4.78, 5) is 16.9. The average molecular weight is 211 g/mol. The van der Waals surface area contributed by atoms with Gasteiger partial charge in [0.15, 0.2) is 11.5 Å². The summed E-state index contributed by atoms with van der Waals surface area (Å²) in [5.74, 6) is 0.652. The van der Waals surface area contributed by atoms with Crippen molar-refractivity contribution in [3.05, 3.63) is 37.1 Å². The van der Waals surface area contributed by atoms with E-state index in [0.29, 0.717) is 11.5 Å². The smallest absolute Gasteiger partial charge is 0.181 e. The van der Waals surface area contributed by atoms with E-state index in [0.717, 1.165) is 11.1 Å². The summed E-state index contributed by atoms with van der Waals surface area (Å²) in [6.07, 6.45) is 6.97. The summed E-state index contributed by atoms with van der Waals surface area (Å²) in [6, 6.07) is 3.79. The van der Waals surface area contributed by atoms with Crippen LogP contribution < -0.4 is 0 Å². The molecule has 0 unspecified atom stereocenters. The maximum Gasteiger partial charge on any atom is 0.181 e. The van der Waals surface area contributed by atoms with E-state index in [1.54, 1.807) is 24.9 Å². The van der Waals surface area contributed by atoms with Crippen molar-refractivity contribution in [3.63, 3.8) is 0 Å². The van der Waals surface area contributed by atoms with Crippen molar-refractivity contribution in [3.8, 4) is 11.4 Å². The highest BCUT2D eigenvalue weighted by atomic mass is 15.1. The van der Waals surface area contributed by atoms with Gasteiger partial charge in [0.2, 0.25) is 0 Å². The fourth-order valence-corrected chi connectivity index (χ4v) is 1.55. The average Bonchev–Trinajstić information content (AvgIpc) is 2.72. The fourth-order valence-electron chi connectivity index (χ4n) is 1.55. The molecule has 3 heterocycles. The Bertz CT molecular complexity index is 629. The van der Waals surface area contributed by atoms with E-state index in [1.807, 2.05) is 23.7 Å². The molecule has 0 amide bonds. The van der Waals surface area contributed by atoms with Gasteiger partial charge in [-0.1, -0.05) is 0 Å². The third kappa shape index (κ3) is 1.33. The van der Waals surface area contributed by atoms with Crippen LogP contribution in [0.5, 0.6) is 0 Å². The van der Waals surface area contributed by atoms with Gasteiger partial charge in [-0.15, -0.1) is 0 Å². The summed E-state index contributed by atoms with van der Waals surface area (Å²) in [6.45, 7) is 0. The van der Waals surface area contributed by atoms with Crippen molar-refractivity contribution in [1.82, 2.24) is 24.5 Å². The van der Waals surface area contributed by atoms with Gasteiger partial charge in [-0.05, 0) is 12.1 Å². The van der Waals surface area contributed by atoms with Crippen molar-refractivity contribution < 1.29 is 0 Å². The van der Waals surface area contributed by atoms with Crippen LogP contribution in [-0.4, -0.2) is 24.5 Å². The Morgan fingerprint density at radius 2 is 2.12 bits per heavy atom. The lowest BCUT2D eigenvalue weighted by atomic mass is 10.3. The maximum atomic E-state index is 4.38. The van der Waals surface area contributed by atoms with E-state index in [-0.39, 0.29) is 0 Å². The zero-order valence-electron chi connectivity index (χ0n) is 8.70. The summed E-state index contributed by atoms with van der Waals surface area (Å²) in [7, 11) is 1.92. The third-order valence-corrected chi connectivity index (χ3v) is 2.40. The summed E-state index contributed by atoms with van der Waals surface area (Å²) < 4.78 is 1.89. The van der Waals surface area contributed by atoms with E-state index >= 15 is 0 Å². The van der Waals surface area contributed by atoms with Crippen LogP contribution in [0.15, 0.2) is 37.1 Å². The van der Waals surface area contributed by atoms with E-state index in [4.69, 9.17) is 0 Å². The molecule has 0 bridgehead atoms. The molecule has 0 fully saturated rings. The second-order valence-corrected chi connectivity index (χ2v) is 3.50. The Balaban J connectivity index is 2.19. The Labute approximate surface area is 91.8 Å². The third-order valence-electron chi connectivity index (χ3n) is 2.40. The first-order chi connectivity index (χ1) is 7.84. The second-order valence-electron chi connectivity index (χ2n) is 3.50. The first-order valence-corrected chi connectivity index (χ1v) is 4.89. The van der Waals surface area contributed by atoms with Crippen LogP contribution in [0, 0.1) is 0 Å². The highest BCUT2D eigenvalue weighted by Crippen LogP contribution is 2.15. The lowest BCUT2D eigenvalue weighted by Crippen LogP contribution is -1.91.